The molecule has 2 N–H and O–H groups in total. The van der Waals surface area contributed by atoms with E-state index in [4.69, 9.17) is 10.5 Å². The third-order valence-electron chi connectivity index (χ3n) is 5.56. The molecule has 1 aliphatic carbocycles. The van der Waals surface area contributed by atoms with Gasteiger partial charge in [-0.25, -0.2) is 4.98 Å². The van der Waals surface area contributed by atoms with Crippen molar-refractivity contribution in [1.29, 1.82) is 10.5 Å². The summed E-state index contributed by atoms with van der Waals surface area (Å²) in [4.78, 5) is 6.68. The van der Waals surface area contributed by atoms with E-state index in [-0.39, 0.29) is 5.82 Å². The quantitative estimate of drug-likeness (QED) is 0.852. The predicted octanol–water partition coefficient (Wildman–Crippen LogP) is 3.53. The largest absolute Gasteiger partial charge is 0.383 e. The molecule has 2 aliphatic rings. The van der Waals surface area contributed by atoms with Crippen molar-refractivity contribution in [2.24, 2.45) is 0 Å². The maximum Gasteiger partial charge on any atom is 0.142 e. The Morgan fingerprint density at radius 2 is 1.79 bits per heavy atom. The van der Waals surface area contributed by atoms with Gasteiger partial charge in [-0.1, -0.05) is 12.1 Å². The lowest BCUT2D eigenvalue weighted by Gasteiger charge is -2.28. The Morgan fingerprint density at radius 3 is 2.41 bits per heavy atom. The second-order valence-corrected chi connectivity index (χ2v) is 7.19. The number of morpholine rings is 1. The number of nitrogen functional groups attached to an aromatic ring is 1. The number of aromatic nitrogens is 1. The lowest BCUT2D eigenvalue weighted by molar-refractivity contribution is 0.122. The van der Waals surface area contributed by atoms with E-state index < -0.39 is 0 Å². The lowest BCUT2D eigenvalue weighted by Crippen LogP contribution is -2.36. The van der Waals surface area contributed by atoms with E-state index in [9.17, 15) is 10.5 Å². The molecular weight excluding hydrogens is 362 g/mol. The van der Waals surface area contributed by atoms with Crippen molar-refractivity contribution in [1.82, 2.24) is 4.98 Å². The molecule has 144 valence electrons. The summed E-state index contributed by atoms with van der Waals surface area (Å²) in [6.07, 6.45) is 2.05. The average molecular weight is 383 g/mol. The number of anilines is 2. The van der Waals surface area contributed by atoms with E-state index >= 15 is 0 Å². The standard InChI is InChI=1S/C23H21N5O/c1-14-18(11-16-3-5-17(6-4-16)28-7-9-29-10-8-28)21-15(2)20(13-25)23(26)27-22(21)19(14)12-24/h3-6,11H,7-10H2,1-2H3,(H2,26,27)/b18-11-. The van der Waals surface area contributed by atoms with Crippen molar-refractivity contribution in [3.63, 3.8) is 0 Å². The summed E-state index contributed by atoms with van der Waals surface area (Å²) in [6, 6.07) is 12.7. The molecule has 0 spiro atoms. The van der Waals surface area contributed by atoms with Gasteiger partial charge in [0, 0.05) is 24.3 Å². The molecule has 4 rings (SSSR count). The highest BCUT2D eigenvalue weighted by atomic mass is 16.5. The molecule has 6 nitrogen and oxygen atoms in total. The van der Waals surface area contributed by atoms with E-state index in [1.54, 1.807) is 0 Å². The maximum atomic E-state index is 9.66. The van der Waals surface area contributed by atoms with Crippen LogP contribution in [0, 0.1) is 29.6 Å². The minimum absolute atomic E-state index is 0.167. The third-order valence-corrected chi connectivity index (χ3v) is 5.56. The zero-order valence-corrected chi connectivity index (χ0v) is 16.5. The van der Waals surface area contributed by atoms with Crippen LogP contribution in [0.25, 0.3) is 17.2 Å². The van der Waals surface area contributed by atoms with Crippen molar-refractivity contribution in [2.75, 3.05) is 36.9 Å². The topological polar surface area (TPSA) is 99.0 Å². The van der Waals surface area contributed by atoms with Crippen LogP contribution in [0.15, 0.2) is 29.8 Å². The number of benzene rings is 1. The van der Waals surface area contributed by atoms with Crippen LogP contribution in [-0.2, 0) is 4.74 Å². The van der Waals surface area contributed by atoms with Crippen LogP contribution in [0.3, 0.4) is 0 Å². The molecule has 2 heterocycles. The molecular formula is C23H21N5O. The molecule has 1 aromatic heterocycles. The summed E-state index contributed by atoms with van der Waals surface area (Å²) >= 11 is 0. The van der Waals surface area contributed by atoms with E-state index in [0.29, 0.717) is 16.8 Å². The van der Waals surface area contributed by atoms with E-state index in [2.05, 4.69) is 46.3 Å². The molecule has 0 unspecified atom stereocenters. The fourth-order valence-electron chi connectivity index (χ4n) is 3.97. The Bertz CT molecular complexity index is 1120. The molecule has 1 saturated heterocycles. The fraction of sp³-hybridized carbons (Fsp3) is 0.261. The smallest absolute Gasteiger partial charge is 0.142 e. The van der Waals surface area contributed by atoms with E-state index in [1.807, 2.05) is 19.9 Å². The van der Waals surface area contributed by atoms with Gasteiger partial charge in [-0.15, -0.1) is 0 Å². The minimum Gasteiger partial charge on any atom is -0.383 e. The van der Waals surface area contributed by atoms with Crippen LogP contribution in [0.2, 0.25) is 0 Å². The average Bonchev–Trinajstić information content (AvgIpc) is 3.00. The van der Waals surface area contributed by atoms with Crippen molar-refractivity contribution in [3.05, 3.63) is 57.8 Å². The van der Waals surface area contributed by atoms with Crippen LogP contribution in [-0.4, -0.2) is 31.3 Å². The van der Waals surface area contributed by atoms with Gasteiger partial charge in [-0.2, -0.15) is 10.5 Å². The van der Waals surface area contributed by atoms with Crippen LogP contribution < -0.4 is 10.6 Å². The van der Waals surface area contributed by atoms with Gasteiger partial charge < -0.3 is 15.4 Å². The highest BCUT2D eigenvalue weighted by molar-refractivity contribution is 6.08. The SMILES string of the molecule is CC1=C(C#N)c2nc(N)c(C#N)c(C)c2/C1=C\c1ccc(N2CCOCC2)cc1. The van der Waals surface area contributed by atoms with Crippen molar-refractivity contribution >= 4 is 28.7 Å². The zero-order chi connectivity index (χ0) is 20.5. The molecule has 1 aromatic carbocycles. The van der Waals surface area contributed by atoms with Crippen LogP contribution in [0.4, 0.5) is 11.5 Å². The molecule has 0 radical (unpaired) electrons. The first-order valence-corrected chi connectivity index (χ1v) is 9.52. The lowest BCUT2D eigenvalue weighted by atomic mass is 9.95. The number of pyridine rings is 1. The summed E-state index contributed by atoms with van der Waals surface area (Å²) in [6.45, 7) is 7.06. The van der Waals surface area contributed by atoms with Crippen LogP contribution >= 0.6 is 0 Å². The Hall–Kier alpha value is -3.61. The number of ether oxygens (including phenoxy) is 1. The van der Waals surface area contributed by atoms with Gasteiger partial charge in [0.15, 0.2) is 0 Å². The number of nitrogens with two attached hydrogens (primary N) is 1. The van der Waals surface area contributed by atoms with Crippen molar-refractivity contribution in [3.8, 4) is 12.1 Å². The van der Waals surface area contributed by atoms with Gasteiger partial charge in [0.25, 0.3) is 0 Å². The zero-order valence-electron chi connectivity index (χ0n) is 16.5. The minimum atomic E-state index is 0.167. The third kappa shape index (κ3) is 3.14. The number of nitriles is 2. The number of fused-ring (bicyclic) bond motifs is 1. The number of hydrogen-bond donors (Lipinski definition) is 1. The normalized spacial score (nSPS) is 17.2. The number of rotatable bonds is 2. The Morgan fingerprint density at radius 1 is 1.10 bits per heavy atom. The fourth-order valence-corrected chi connectivity index (χ4v) is 3.97. The first-order chi connectivity index (χ1) is 14.0. The Balaban J connectivity index is 1.78. The Kier molecular flexibility index (Phi) is 4.80. The highest BCUT2D eigenvalue weighted by Gasteiger charge is 2.29. The van der Waals surface area contributed by atoms with Crippen molar-refractivity contribution < 1.29 is 4.74 Å². The molecule has 0 atom stereocenters. The van der Waals surface area contributed by atoms with Crippen molar-refractivity contribution in [2.45, 2.75) is 13.8 Å². The summed E-state index contributed by atoms with van der Waals surface area (Å²) in [5.74, 6) is 0.167. The second-order valence-electron chi connectivity index (χ2n) is 7.19. The summed E-state index contributed by atoms with van der Waals surface area (Å²) in [5, 5.41) is 19.1. The monoisotopic (exact) mass is 383 g/mol. The van der Waals surface area contributed by atoms with Crippen LogP contribution in [0.5, 0.6) is 0 Å². The number of allylic oxidation sites excluding steroid dienone is 3. The van der Waals surface area contributed by atoms with E-state index in [1.165, 1.54) is 5.69 Å². The molecule has 6 heteroatoms. The van der Waals surface area contributed by atoms with Crippen LogP contribution in [0.1, 0.15) is 34.9 Å². The number of nitrogens with zero attached hydrogens (tertiary/aromatic N) is 4. The second kappa shape index (κ2) is 7.43. The Labute approximate surface area is 170 Å². The van der Waals surface area contributed by atoms with Gasteiger partial charge in [-0.3, -0.25) is 0 Å². The van der Waals surface area contributed by atoms with Gasteiger partial charge in [0.1, 0.15) is 18.0 Å². The maximum absolute atomic E-state index is 9.66. The molecule has 2 aromatic rings. The summed E-state index contributed by atoms with van der Waals surface area (Å²) < 4.78 is 5.42. The molecule has 1 fully saturated rings. The summed E-state index contributed by atoms with van der Waals surface area (Å²) in [5.41, 5.74) is 12.9. The van der Waals surface area contributed by atoms with Gasteiger partial charge in [0.2, 0.25) is 0 Å². The number of hydrogen-bond acceptors (Lipinski definition) is 6. The van der Waals surface area contributed by atoms with Gasteiger partial charge in [0.05, 0.1) is 30.0 Å². The predicted molar refractivity (Wildman–Crippen MR) is 114 cm³/mol. The molecule has 0 bridgehead atoms. The highest BCUT2D eigenvalue weighted by Crippen LogP contribution is 2.44. The molecule has 29 heavy (non-hydrogen) atoms. The summed E-state index contributed by atoms with van der Waals surface area (Å²) in [7, 11) is 0. The molecule has 0 amide bonds. The molecule has 0 saturated carbocycles. The van der Waals surface area contributed by atoms with E-state index in [0.717, 1.165) is 54.1 Å². The van der Waals surface area contributed by atoms with Gasteiger partial charge in [-0.05, 0) is 54.3 Å². The van der Waals surface area contributed by atoms with Gasteiger partial charge >= 0.3 is 0 Å². The molecule has 1 aliphatic heterocycles. The first kappa shape index (κ1) is 18.7. The first-order valence-electron chi connectivity index (χ1n) is 9.52.